The van der Waals surface area contributed by atoms with Gasteiger partial charge in [-0.1, -0.05) is 69.3 Å². The number of nitrogens with one attached hydrogen (secondary N) is 2. The van der Waals surface area contributed by atoms with Crippen molar-refractivity contribution in [1.29, 1.82) is 0 Å². The van der Waals surface area contributed by atoms with Crippen molar-refractivity contribution in [3.8, 4) is 11.1 Å². The van der Waals surface area contributed by atoms with Crippen molar-refractivity contribution < 1.29 is 24.2 Å². The molecular formula is C27H32N2O5. The molecule has 2 aliphatic carbocycles. The van der Waals surface area contributed by atoms with Gasteiger partial charge in [0.1, 0.15) is 12.6 Å². The summed E-state index contributed by atoms with van der Waals surface area (Å²) < 4.78 is 5.58. The largest absolute Gasteiger partial charge is 0.480 e. The number of amides is 2. The van der Waals surface area contributed by atoms with Gasteiger partial charge in [-0.25, -0.2) is 9.59 Å². The van der Waals surface area contributed by atoms with Crippen LogP contribution in [-0.2, 0) is 14.3 Å². The standard InChI is InChI=1S/C27H32N2O5/c1-27(2,3)24(25(31)32)29-23(30)14-16-12-17(13-16)28-26(33)34-15-22-20-10-6-4-8-18(20)19-9-5-7-11-21(19)22/h4-11,16-17,22,24H,12-15H2,1-3H3,(H,28,33)(H,29,30)(H,31,32). The maximum Gasteiger partial charge on any atom is 0.407 e. The summed E-state index contributed by atoms with van der Waals surface area (Å²) in [7, 11) is 0. The van der Waals surface area contributed by atoms with E-state index in [0.717, 1.165) is 0 Å². The van der Waals surface area contributed by atoms with Crippen molar-refractivity contribution in [2.24, 2.45) is 11.3 Å². The van der Waals surface area contributed by atoms with E-state index in [0.29, 0.717) is 12.8 Å². The van der Waals surface area contributed by atoms with E-state index < -0.39 is 23.5 Å². The van der Waals surface area contributed by atoms with Gasteiger partial charge in [0.05, 0.1) is 0 Å². The minimum Gasteiger partial charge on any atom is -0.480 e. The van der Waals surface area contributed by atoms with Crippen LogP contribution in [0.2, 0.25) is 0 Å². The van der Waals surface area contributed by atoms with E-state index in [2.05, 4.69) is 34.9 Å². The van der Waals surface area contributed by atoms with Crippen LogP contribution in [0.1, 0.15) is 57.1 Å². The molecule has 1 unspecified atom stereocenters. The summed E-state index contributed by atoms with van der Waals surface area (Å²) in [5.41, 5.74) is 4.13. The summed E-state index contributed by atoms with van der Waals surface area (Å²) in [6.07, 6.45) is 1.15. The molecule has 2 aromatic carbocycles. The van der Waals surface area contributed by atoms with Gasteiger partial charge in [0, 0.05) is 18.4 Å². The van der Waals surface area contributed by atoms with Crippen molar-refractivity contribution >= 4 is 18.0 Å². The van der Waals surface area contributed by atoms with Crippen LogP contribution in [0.3, 0.4) is 0 Å². The lowest BCUT2D eigenvalue weighted by molar-refractivity contribution is -0.145. The number of benzene rings is 2. The second kappa shape index (κ2) is 9.49. The zero-order valence-electron chi connectivity index (χ0n) is 19.8. The highest BCUT2D eigenvalue weighted by molar-refractivity contribution is 5.84. The number of hydrogen-bond donors (Lipinski definition) is 3. The Morgan fingerprint density at radius 2 is 1.56 bits per heavy atom. The maximum absolute atomic E-state index is 12.4. The molecule has 0 aliphatic heterocycles. The minimum absolute atomic E-state index is 0.0148. The quantitative estimate of drug-likeness (QED) is 0.566. The highest BCUT2D eigenvalue weighted by Crippen LogP contribution is 2.44. The van der Waals surface area contributed by atoms with E-state index in [1.165, 1.54) is 22.3 Å². The van der Waals surface area contributed by atoms with Crippen LogP contribution in [0.25, 0.3) is 11.1 Å². The number of ether oxygens (including phenoxy) is 1. The van der Waals surface area contributed by atoms with Crippen LogP contribution >= 0.6 is 0 Å². The predicted octanol–water partition coefficient (Wildman–Crippen LogP) is 4.31. The summed E-state index contributed by atoms with van der Waals surface area (Å²) in [6, 6.07) is 15.4. The van der Waals surface area contributed by atoms with Crippen molar-refractivity contribution in [2.45, 2.75) is 58.0 Å². The van der Waals surface area contributed by atoms with Gasteiger partial charge in [0.25, 0.3) is 0 Å². The smallest absolute Gasteiger partial charge is 0.407 e. The number of fused-ring (bicyclic) bond motifs is 3. The first kappa shape index (κ1) is 23.8. The molecule has 2 amide bonds. The summed E-state index contributed by atoms with van der Waals surface area (Å²) in [5, 5.41) is 14.9. The fourth-order valence-electron chi connectivity index (χ4n) is 4.96. The van der Waals surface area contributed by atoms with Gasteiger partial charge in [-0.3, -0.25) is 4.79 Å². The lowest BCUT2D eigenvalue weighted by Crippen LogP contribution is -2.51. The first-order valence-corrected chi connectivity index (χ1v) is 11.8. The number of alkyl carbamates (subject to hydrolysis) is 1. The molecule has 0 aromatic heterocycles. The first-order chi connectivity index (χ1) is 16.1. The number of hydrogen-bond acceptors (Lipinski definition) is 4. The lowest BCUT2D eigenvalue weighted by Gasteiger charge is -2.36. The van der Waals surface area contributed by atoms with Gasteiger partial charge < -0.3 is 20.5 Å². The van der Waals surface area contributed by atoms with E-state index in [9.17, 15) is 19.5 Å². The number of carboxylic acids is 1. The van der Waals surface area contributed by atoms with Gasteiger partial charge >= 0.3 is 12.1 Å². The Balaban J connectivity index is 1.23. The molecule has 0 bridgehead atoms. The Labute approximate surface area is 199 Å². The number of carbonyl (C=O) groups excluding carboxylic acids is 2. The van der Waals surface area contributed by atoms with Gasteiger partial charge in [-0.15, -0.1) is 0 Å². The van der Waals surface area contributed by atoms with Crippen LogP contribution in [0.15, 0.2) is 48.5 Å². The Bertz CT molecular complexity index is 1040. The lowest BCUT2D eigenvalue weighted by atomic mass is 9.78. The molecule has 2 aliphatic rings. The Kier molecular flexibility index (Phi) is 6.64. The highest BCUT2D eigenvalue weighted by Gasteiger charge is 2.36. The Morgan fingerprint density at radius 1 is 1.00 bits per heavy atom. The van der Waals surface area contributed by atoms with Gasteiger partial charge in [-0.2, -0.15) is 0 Å². The zero-order valence-corrected chi connectivity index (χ0v) is 19.8. The molecule has 34 heavy (non-hydrogen) atoms. The molecule has 0 heterocycles. The topological polar surface area (TPSA) is 105 Å². The van der Waals surface area contributed by atoms with Crippen molar-refractivity contribution in [3.05, 3.63) is 59.7 Å². The van der Waals surface area contributed by atoms with E-state index in [-0.39, 0.29) is 36.8 Å². The number of aliphatic carboxylic acids is 1. The molecule has 180 valence electrons. The molecule has 3 N–H and O–H groups in total. The molecule has 2 aromatic rings. The third-order valence-corrected chi connectivity index (χ3v) is 6.79. The van der Waals surface area contributed by atoms with Crippen LogP contribution in [0.4, 0.5) is 4.79 Å². The van der Waals surface area contributed by atoms with Gasteiger partial charge in [0.15, 0.2) is 0 Å². The van der Waals surface area contributed by atoms with Crippen LogP contribution < -0.4 is 10.6 Å². The van der Waals surface area contributed by atoms with Crippen LogP contribution in [0, 0.1) is 11.3 Å². The predicted molar refractivity (Wildman–Crippen MR) is 128 cm³/mol. The van der Waals surface area contributed by atoms with Crippen molar-refractivity contribution in [2.75, 3.05) is 6.61 Å². The second-order valence-electron chi connectivity index (χ2n) is 10.4. The first-order valence-electron chi connectivity index (χ1n) is 11.8. The average molecular weight is 465 g/mol. The molecule has 0 spiro atoms. The van der Waals surface area contributed by atoms with E-state index in [1.807, 2.05) is 24.3 Å². The SMILES string of the molecule is CC(C)(C)C(NC(=O)CC1CC(NC(=O)OCC2c3ccccc3-c3ccccc32)C1)C(=O)O. The minimum atomic E-state index is -1.04. The number of carbonyl (C=O) groups is 3. The molecule has 4 rings (SSSR count). The van der Waals surface area contributed by atoms with Crippen molar-refractivity contribution in [3.63, 3.8) is 0 Å². The third kappa shape index (κ3) is 5.08. The molecule has 1 atom stereocenters. The summed E-state index contributed by atoms with van der Waals surface area (Å²) in [6.45, 7) is 5.61. The Hall–Kier alpha value is -3.35. The Morgan fingerprint density at radius 3 is 2.09 bits per heavy atom. The molecule has 0 saturated heterocycles. The van der Waals surface area contributed by atoms with Crippen LogP contribution in [0.5, 0.6) is 0 Å². The van der Waals surface area contributed by atoms with Gasteiger partial charge in [-0.05, 0) is 46.4 Å². The summed E-state index contributed by atoms with van der Waals surface area (Å²) in [4.78, 5) is 36.2. The fourth-order valence-corrected chi connectivity index (χ4v) is 4.96. The van der Waals surface area contributed by atoms with Gasteiger partial charge in [0.2, 0.25) is 5.91 Å². The van der Waals surface area contributed by atoms with Crippen LogP contribution in [-0.4, -0.2) is 41.8 Å². The second-order valence-corrected chi connectivity index (χ2v) is 10.4. The summed E-state index contributed by atoms with van der Waals surface area (Å²) in [5.74, 6) is -1.18. The van der Waals surface area contributed by atoms with E-state index >= 15 is 0 Å². The number of carboxylic acid groups (broad SMARTS) is 1. The molecule has 7 nitrogen and oxygen atoms in total. The molecule has 1 saturated carbocycles. The summed E-state index contributed by atoms with van der Waals surface area (Å²) >= 11 is 0. The zero-order chi connectivity index (χ0) is 24.5. The van der Waals surface area contributed by atoms with E-state index in [4.69, 9.17) is 4.74 Å². The van der Waals surface area contributed by atoms with E-state index in [1.54, 1.807) is 20.8 Å². The fraction of sp³-hybridized carbons (Fsp3) is 0.444. The molecule has 7 heteroatoms. The molecule has 0 radical (unpaired) electrons. The molecular weight excluding hydrogens is 432 g/mol. The third-order valence-electron chi connectivity index (χ3n) is 6.79. The normalized spacial score (nSPS) is 19.9. The maximum atomic E-state index is 12.4. The molecule has 1 fully saturated rings. The number of rotatable bonds is 7. The monoisotopic (exact) mass is 464 g/mol. The van der Waals surface area contributed by atoms with Crippen molar-refractivity contribution in [1.82, 2.24) is 10.6 Å². The highest BCUT2D eigenvalue weighted by atomic mass is 16.5. The average Bonchev–Trinajstić information content (AvgIpc) is 3.07.